The molecule has 1 aromatic carbocycles. The Labute approximate surface area is 114 Å². The van der Waals surface area contributed by atoms with Crippen LogP contribution >= 0.6 is 11.8 Å². The molecule has 2 N–H and O–H groups in total. The minimum atomic E-state index is -0.0364. The Kier molecular flexibility index (Phi) is 6.22. The average molecular weight is 266 g/mol. The van der Waals surface area contributed by atoms with E-state index in [4.69, 9.17) is 0 Å². The van der Waals surface area contributed by atoms with Gasteiger partial charge in [0.2, 0.25) is 5.91 Å². The van der Waals surface area contributed by atoms with E-state index in [0.29, 0.717) is 11.2 Å². The lowest BCUT2D eigenvalue weighted by atomic mass is 10.1. The maximum Gasteiger partial charge on any atom is 0.221 e. The molecule has 3 nitrogen and oxygen atoms in total. The van der Waals surface area contributed by atoms with E-state index in [9.17, 15) is 4.79 Å². The van der Waals surface area contributed by atoms with Crippen LogP contribution in [0, 0.1) is 5.92 Å². The van der Waals surface area contributed by atoms with Crippen LogP contribution in [0.25, 0.3) is 0 Å². The third-order valence-electron chi connectivity index (χ3n) is 2.61. The van der Waals surface area contributed by atoms with Crippen LogP contribution in [-0.2, 0) is 4.79 Å². The van der Waals surface area contributed by atoms with E-state index in [2.05, 4.69) is 36.6 Å². The molecule has 1 rings (SSSR count). The molecule has 4 heteroatoms. The molecule has 1 aromatic rings. The molecular weight excluding hydrogens is 244 g/mol. The molecule has 1 amide bonds. The Hall–Kier alpha value is -1.00. The summed E-state index contributed by atoms with van der Waals surface area (Å²) < 4.78 is 0. The lowest BCUT2D eigenvalue weighted by Crippen LogP contribution is -2.25. The van der Waals surface area contributed by atoms with Gasteiger partial charge in [-0.1, -0.05) is 13.8 Å². The Morgan fingerprint density at radius 3 is 2.33 bits per heavy atom. The van der Waals surface area contributed by atoms with Crippen molar-refractivity contribution >= 4 is 23.4 Å². The highest BCUT2D eigenvalue weighted by Gasteiger charge is 2.13. The van der Waals surface area contributed by atoms with E-state index < -0.39 is 0 Å². The second-order valence-corrected chi connectivity index (χ2v) is 5.98. The molecule has 0 fully saturated rings. The Balaban J connectivity index is 2.64. The summed E-state index contributed by atoms with van der Waals surface area (Å²) in [5.41, 5.74) is 0.849. The number of anilines is 1. The van der Waals surface area contributed by atoms with Gasteiger partial charge in [0.1, 0.15) is 0 Å². The van der Waals surface area contributed by atoms with E-state index in [1.54, 1.807) is 0 Å². The van der Waals surface area contributed by atoms with Crippen molar-refractivity contribution in [3.8, 4) is 0 Å². The van der Waals surface area contributed by atoms with Gasteiger partial charge in [0.15, 0.2) is 0 Å². The number of hydrogen-bond acceptors (Lipinski definition) is 3. The summed E-state index contributed by atoms with van der Waals surface area (Å²) in [5.74, 6) is 0.586. The summed E-state index contributed by atoms with van der Waals surface area (Å²) in [4.78, 5) is 12.2. The van der Waals surface area contributed by atoms with E-state index in [-0.39, 0.29) is 5.91 Å². The third kappa shape index (κ3) is 5.10. The van der Waals surface area contributed by atoms with Crippen LogP contribution in [0.4, 0.5) is 5.69 Å². The van der Waals surface area contributed by atoms with Crippen molar-refractivity contribution in [1.82, 2.24) is 5.32 Å². The zero-order valence-electron chi connectivity index (χ0n) is 11.5. The summed E-state index contributed by atoms with van der Waals surface area (Å²) >= 11 is 1.87. The molecular formula is C14H22N2OS. The van der Waals surface area contributed by atoms with E-state index in [1.165, 1.54) is 11.8 Å². The number of rotatable bonds is 6. The van der Waals surface area contributed by atoms with Gasteiger partial charge in [0, 0.05) is 29.3 Å². The molecule has 0 aliphatic rings. The van der Waals surface area contributed by atoms with Gasteiger partial charge < -0.3 is 10.6 Å². The minimum absolute atomic E-state index is 0.0364. The normalized spacial score (nSPS) is 12.5. The highest BCUT2D eigenvalue weighted by atomic mass is 32.2. The van der Waals surface area contributed by atoms with Crippen molar-refractivity contribution in [2.24, 2.45) is 5.92 Å². The predicted molar refractivity (Wildman–Crippen MR) is 79.2 cm³/mol. The molecule has 1 unspecified atom stereocenters. The molecule has 18 heavy (non-hydrogen) atoms. The molecule has 1 atom stereocenters. The summed E-state index contributed by atoms with van der Waals surface area (Å²) in [6.45, 7) is 6.99. The zero-order chi connectivity index (χ0) is 13.5. The van der Waals surface area contributed by atoms with Crippen LogP contribution in [0.15, 0.2) is 29.2 Å². The van der Waals surface area contributed by atoms with Gasteiger partial charge in [0.25, 0.3) is 0 Å². The molecule has 0 saturated carbocycles. The molecule has 0 aliphatic carbocycles. The van der Waals surface area contributed by atoms with Gasteiger partial charge in [-0.15, -0.1) is 11.8 Å². The molecule has 100 valence electrons. The van der Waals surface area contributed by atoms with Gasteiger partial charge in [-0.25, -0.2) is 0 Å². The van der Waals surface area contributed by atoms with Crippen LogP contribution in [0.1, 0.15) is 20.8 Å². The number of amides is 1. The lowest BCUT2D eigenvalue weighted by Gasteiger charge is -2.20. The molecule has 0 heterocycles. The van der Waals surface area contributed by atoms with E-state index in [1.807, 2.05) is 30.9 Å². The van der Waals surface area contributed by atoms with Gasteiger partial charge in [0.05, 0.1) is 0 Å². The van der Waals surface area contributed by atoms with Crippen LogP contribution in [0.5, 0.6) is 0 Å². The van der Waals surface area contributed by atoms with E-state index >= 15 is 0 Å². The molecule has 0 radical (unpaired) electrons. The molecule has 0 spiro atoms. The number of hydrogen-bond donors (Lipinski definition) is 2. The van der Waals surface area contributed by atoms with Crippen molar-refractivity contribution in [2.45, 2.75) is 30.9 Å². The minimum Gasteiger partial charge on any atom is -0.326 e. The van der Waals surface area contributed by atoms with Crippen molar-refractivity contribution in [1.29, 1.82) is 0 Å². The fourth-order valence-electron chi connectivity index (χ4n) is 1.61. The SMILES string of the molecule is CNCC(Sc1ccc(NC(C)=O)cc1)C(C)C. The summed E-state index contributed by atoms with van der Waals surface area (Å²) in [5, 5.41) is 6.56. The molecule has 0 aliphatic heterocycles. The van der Waals surface area contributed by atoms with Gasteiger partial charge in [-0.3, -0.25) is 4.79 Å². The fourth-order valence-corrected chi connectivity index (χ4v) is 2.77. The largest absolute Gasteiger partial charge is 0.326 e. The first-order chi connectivity index (χ1) is 8.52. The van der Waals surface area contributed by atoms with Crippen molar-refractivity contribution < 1.29 is 4.79 Å². The first kappa shape index (κ1) is 15.1. The number of benzene rings is 1. The monoisotopic (exact) mass is 266 g/mol. The Bertz CT molecular complexity index is 376. The number of carbonyl (C=O) groups is 1. The van der Waals surface area contributed by atoms with Crippen molar-refractivity contribution in [2.75, 3.05) is 18.9 Å². The van der Waals surface area contributed by atoms with Gasteiger partial charge in [-0.05, 0) is 37.2 Å². The highest BCUT2D eigenvalue weighted by Crippen LogP contribution is 2.28. The second-order valence-electron chi connectivity index (χ2n) is 4.66. The zero-order valence-corrected chi connectivity index (χ0v) is 12.3. The topological polar surface area (TPSA) is 41.1 Å². The smallest absolute Gasteiger partial charge is 0.221 e. The highest BCUT2D eigenvalue weighted by molar-refractivity contribution is 8.00. The van der Waals surface area contributed by atoms with Gasteiger partial charge in [-0.2, -0.15) is 0 Å². The van der Waals surface area contributed by atoms with Crippen LogP contribution in [-0.4, -0.2) is 24.7 Å². The quantitative estimate of drug-likeness (QED) is 0.778. The van der Waals surface area contributed by atoms with E-state index in [0.717, 1.165) is 12.2 Å². The van der Waals surface area contributed by atoms with Gasteiger partial charge >= 0.3 is 0 Å². The second kappa shape index (κ2) is 7.44. The first-order valence-electron chi connectivity index (χ1n) is 6.22. The molecule has 0 bridgehead atoms. The summed E-state index contributed by atoms with van der Waals surface area (Å²) in [6.07, 6.45) is 0. The summed E-state index contributed by atoms with van der Waals surface area (Å²) in [7, 11) is 1.98. The van der Waals surface area contributed by atoms with Crippen molar-refractivity contribution in [3.63, 3.8) is 0 Å². The van der Waals surface area contributed by atoms with Crippen molar-refractivity contribution in [3.05, 3.63) is 24.3 Å². The molecule has 0 saturated heterocycles. The fraction of sp³-hybridized carbons (Fsp3) is 0.500. The lowest BCUT2D eigenvalue weighted by molar-refractivity contribution is -0.114. The van der Waals surface area contributed by atoms with Crippen LogP contribution in [0.2, 0.25) is 0 Å². The maximum atomic E-state index is 10.9. The number of thioether (sulfide) groups is 1. The predicted octanol–water partition coefficient (Wildman–Crippen LogP) is 2.98. The molecule has 0 aromatic heterocycles. The first-order valence-corrected chi connectivity index (χ1v) is 7.09. The average Bonchev–Trinajstić information content (AvgIpc) is 2.30. The summed E-state index contributed by atoms with van der Waals surface area (Å²) in [6, 6.07) is 8.00. The number of carbonyl (C=O) groups excluding carboxylic acids is 1. The third-order valence-corrected chi connectivity index (χ3v) is 4.17. The maximum absolute atomic E-state index is 10.9. The van der Waals surface area contributed by atoms with Crippen LogP contribution in [0.3, 0.4) is 0 Å². The van der Waals surface area contributed by atoms with Crippen LogP contribution < -0.4 is 10.6 Å². The number of nitrogens with one attached hydrogen (secondary N) is 2. The standard InChI is InChI=1S/C14H22N2OS/c1-10(2)14(9-15-4)18-13-7-5-12(6-8-13)16-11(3)17/h5-8,10,14-15H,9H2,1-4H3,(H,16,17). The Morgan fingerprint density at radius 1 is 1.28 bits per heavy atom. The Morgan fingerprint density at radius 2 is 1.89 bits per heavy atom.